The van der Waals surface area contributed by atoms with Gasteiger partial charge in [0.15, 0.2) is 11.6 Å². The molecule has 5 rings (SSSR count). The number of morpholine rings is 1. The summed E-state index contributed by atoms with van der Waals surface area (Å²) in [4.78, 5) is 9.84. The van der Waals surface area contributed by atoms with E-state index >= 15 is 0 Å². The average molecular weight is 434 g/mol. The summed E-state index contributed by atoms with van der Waals surface area (Å²) in [6.45, 7) is 8.14. The Kier molecular flexibility index (Phi) is 6.31. The largest absolute Gasteiger partial charge is 0.373 e. The molecule has 8 heteroatoms. The maximum atomic E-state index is 6.15. The van der Waals surface area contributed by atoms with Crippen molar-refractivity contribution in [1.29, 1.82) is 0 Å². The summed E-state index contributed by atoms with van der Waals surface area (Å²) in [5.41, 5.74) is 2.23. The van der Waals surface area contributed by atoms with Gasteiger partial charge in [-0.2, -0.15) is 0 Å². The van der Waals surface area contributed by atoms with Crippen molar-refractivity contribution >= 4 is 11.6 Å². The van der Waals surface area contributed by atoms with E-state index in [0.29, 0.717) is 12.6 Å². The van der Waals surface area contributed by atoms with Gasteiger partial charge in [0.05, 0.1) is 18.8 Å². The number of aliphatic imine (C=N–C) groups is 1. The molecule has 2 aliphatic rings. The molecule has 0 saturated carbocycles. The Labute approximate surface area is 188 Å². The summed E-state index contributed by atoms with van der Waals surface area (Å²) in [5.74, 6) is 1.90. The summed E-state index contributed by atoms with van der Waals surface area (Å²) >= 11 is 0. The first-order valence-corrected chi connectivity index (χ1v) is 11.5. The topological polar surface area (TPSA) is 70.3 Å². The zero-order valence-corrected chi connectivity index (χ0v) is 18.6. The zero-order valence-electron chi connectivity index (χ0n) is 18.6. The van der Waals surface area contributed by atoms with Gasteiger partial charge in [0.2, 0.25) is 0 Å². The van der Waals surface area contributed by atoms with Crippen molar-refractivity contribution in [2.45, 2.75) is 32.0 Å². The maximum Gasteiger partial charge on any atom is 0.194 e. The summed E-state index contributed by atoms with van der Waals surface area (Å²) < 4.78 is 8.18. The van der Waals surface area contributed by atoms with Crippen LogP contribution in [0.25, 0.3) is 5.65 Å². The van der Waals surface area contributed by atoms with Gasteiger partial charge in [-0.1, -0.05) is 36.4 Å². The monoisotopic (exact) mass is 433 g/mol. The number of fused-ring (bicyclic) bond motifs is 2. The molecular weight excluding hydrogens is 402 g/mol. The third-order valence-corrected chi connectivity index (χ3v) is 6.26. The number of aromatic nitrogens is 3. The molecule has 0 spiro atoms. The van der Waals surface area contributed by atoms with Gasteiger partial charge in [0.25, 0.3) is 0 Å². The Bertz CT molecular complexity index is 1050. The van der Waals surface area contributed by atoms with Gasteiger partial charge in [0.1, 0.15) is 5.82 Å². The predicted molar refractivity (Wildman–Crippen MR) is 125 cm³/mol. The Morgan fingerprint density at radius 2 is 2.00 bits per heavy atom. The van der Waals surface area contributed by atoms with E-state index in [1.165, 1.54) is 5.56 Å². The minimum absolute atomic E-state index is 0.219. The van der Waals surface area contributed by atoms with Crippen LogP contribution in [0.5, 0.6) is 0 Å². The van der Waals surface area contributed by atoms with E-state index < -0.39 is 0 Å². The lowest BCUT2D eigenvalue weighted by molar-refractivity contribution is -0.0502. The highest BCUT2D eigenvalue weighted by Gasteiger charge is 2.41. The van der Waals surface area contributed by atoms with E-state index in [2.05, 4.69) is 62.6 Å². The van der Waals surface area contributed by atoms with Crippen LogP contribution in [-0.2, 0) is 17.7 Å². The van der Waals surface area contributed by atoms with Gasteiger partial charge in [-0.25, -0.2) is 0 Å². The highest BCUT2D eigenvalue weighted by Crippen LogP contribution is 2.24. The highest BCUT2D eigenvalue weighted by atomic mass is 16.5. The molecule has 1 N–H and O–H groups in total. The van der Waals surface area contributed by atoms with Crippen molar-refractivity contribution < 1.29 is 4.74 Å². The first-order chi connectivity index (χ1) is 15.8. The molecule has 32 heavy (non-hydrogen) atoms. The molecule has 168 valence electrons. The first-order valence-electron chi connectivity index (χ1n) is 11.5. The number of guanidine groups is 1. The van der Waals surface area contributed by atoms with Gasteiger partial charge in [-0.15, -0.1) is 10.2 Å². The van der Waals surface area contributed by atoms with E-state index in [9.17, 15) is 0 Å². The summed E-state index contributed by atoms with van der Waals surface area (Å²) in [6.07, 6.45) is 2.97. The second kappa shape index (κ2) is 9.67. The number of hydrogen-bond acceptors (Lipinski definition) is 5. The smallest absolute Gasteiger partial charge is 0.194 e. The molecule has 4 heterocycles. The van der Waals surface area contributed by atoms with Gasteiger partial charge in [0, 0.05) is 51.9 Å². The van der Waals surface area contributed by atoms with Crippen molar-refractivity contribution in [2.75, 3.05) is 39.3 Å². The molecule has 2 saturated heterocycles. The van der Waals surface area contributed by atoms with Gasteiger partial charge >= 0.3 is 0 Å². The second-order valence-electron chi connectivity index (χ2n) is 8.37. The van der Waals surface area contributed by atoms with Crippen LogP contribution in [0.3, 0.4) is 0 Å². The van der Waals surface area contributed by atoms with Gasteiger partial charge in [-0.3, -0.25) is 14.3 Å². The number of benzene rings is 1. The fourth-order valence-electron chi connectivity index (χ4n) is 4.69. The molecule has 1 aromatic carbocycles. The Morgan fingerprint density at radius 1 is 1.12 bits per heavy atom. The van der Waals surface area contributed by atoms with E-state index in [1.807, 2.05) is 28.8 Å². The lowest BCUT2D eigenvalue weighted by atomic mass is 10.1. The highest BCUT2D eigenvalue weighted by molar-refractivity contribution is 5.80. The molecule has 8 nitrogen and oxygen atoms in total. The maximum absolute atomic E-state index is 6.15. The third kappa shape index (κ3) is 4.47. The van der Waals surface area contributed by atoms with Crippen LogP contribution in [0, 0.1) is 0 Å². The fourth-order valence-corrected chi connectivity index (χ4v) is 4.69. The number of nitrogens with zero attached hydrogens (tertiary/aromatic N) is 6. The van der Waals surface area contributed by atoms with Crippen molar-refractivity contribution in [2.24, 2.45) is 4.99 Å². The quantitative estimate of drug-likeness (QED) is 0.472. The van der Waals surface area contributed by atoms with Crippen LogP contribution in [0.15, 0.2) is 59.7 Å². The minimum atomic E-state index is 0.219. The van der Waals surface area contributed by atoms with Crippen LogP contribution < -0.4 is 5.32 Å². The van der Waals surface area contributed by atoms with E-state index in [0.717, 1.165) is 63.2 Å². The number of hydrogen-bond donors (Lipinski definition) is 1. The Balaban J connectivity index is 1.25. The Hall–Kier alpha value is -2.97. The molecule has 0 aliphatic carbocycles. The molecule has 2 aliphatic heterocycles. The van der Waals surface area contributed by atoms with E-state index in [1.54, 1.807) is 0 Å². The lowest BCUT2D eigenvalue weighted by Crippen LogP contribution is -2.50. The van der Waals surface area contributed by atoms with Crippen molar-refractivity contribution in [3.8, 4) is 0 Å². The molecule has 2 aromatic heterocycles. The summed E-state index contributed by atoms with van der Waals surface area (Å²) in [7, 11) is 0. The van der Waals surface area contributed by atoms with E-state index in [-0.39, 0.29) is 6.10 Å². The number of pyridine rings is 1. The molecule has 0 bridgehead atoms. The molecule has 0 amide bonds. The molecular formula is C24H31N7O. The van der Waals surface area contributed by atoms with E-state index in [4.69, 9.17) is 9.73 Å². The van der Waals surface area contributed by atoms with Crippen LogP contribution in [0.4, 0.5) is 0 Å². The van der Waals surface area contributed by atoms with Crippen molar-refractivity contribution in [3.05, 3.63) is 66.1 Å². The zero-order chi connectivity index (χ0) is 21.8. The lowest BCUT2D eigenvalue weighted by Gasteiger charge is -2.36. The third-order valence-electron chi connectivity index (χ3n) is 6.26. The SMILES string of the molecule is CCNC(=NCCc1nnc2ccccn12)N1CC2OCCN(Cc3ccccc3)C2C1. The number of nitrogens with one attached hydrogen (secondary N) is 1. The Morgan fingerprint density at radius 3 is 2.88 bits per heavy atom. The molecule has 2 atom stereocenters. The normalized spacial score (nSPS) is 21.8. The number of likely N-dealkylation sites (tertiary alicyclic amines) is 1. The second-order valence-corrected chi connectivity index (χ2v) is 8.37. The molecule has 0 radical (unpaired) electrons. The molecule has 2 unspecified atom stereocenters. The molecule has 3 aromatic rings. The predicted octanol–water partition coefficient (Wildman–Crippen LogP) is 1.82. The first kappa shape index (κ1) is 20.9. The molecule has 2 fully saturated rings. The van der Waals surface area contributed by atoms with Crippen LogP contribution >= 0.6 is 0 Å². The minimum Gasteiger partial charge on any atom is -0.373 e. The summed E-state index contributed by atoms with van der Waals surface area (Å²) in [5, 5.41) is 12.0. The summed E-state index contributed by atoms with van der Waals surface area (Å²) in [6, 6.07) is 17.0. The van der Waals surface area contributed by atoms with Gasteiger partial charge in [-0.05, 0) is 24.6 Å². The number of ether oxygens (including phenoxy) is 1. The van der Waals surface area contributed by atoms with Gasteiger partial charge < -0.3 is 15.0 Å². The average Bonchev–Trinajstić information content (AvgIpc) is 3.44. The van der Waals surface area contributed by atoms with Crippen molar-refractivity contribution in [1.82, 2.24) is 29.7 Å². The van der Waals surface area contributed by atoms with Crippen molar-refractivity contribution in [3.63, 3.8) is 0 Å². The van der Waals surface area contributed by atoms with Crippen LogP contribution in [-0.4, -0.2) is 81.8 Å². The standard InChI is InChI=1S/C24H31N7O/c1-2-25-24(26-12-11-23-28-27-22-10-6-7-13-31(22)23)30-17-20-21(18-30)32-15-14-29(20)16-19-8-4-3-5-9-19/h3-10,13,20-21H,2,11-12,14-18H2,1H3,(H,25,26). The van der Waals surface area contributed by atoms with Crippen LogP contribution in [0.1, 0.15) is 18.3 Å². The number of rotatable bonds is 6. The van der Waals surface area contributed by atoms with Crippen LogP contribution in [0.2, 0.25) is 0 Å². The fraction of sp³-hybridized carbons (Fsp3) is 0.458.